The SMILES string of the molecule is CC1(C)c2ccccc2S(=O)(=O)c2ccc(Br)cc21.CC1(C)c2ccccc2S(=O)(=O)c2ccc(N3c4ccccc4Cc4ccccc43)cc21.c1ccc2c(c1)Cc1ccccc1O2. The van der Waals surface area contributed by atoms with Crippen LogP contribution in [0.25, 0.3) is 0 Å². The lowest BCUT2D eigenvalue weighted by atomic mass is 9.77. The van der Waals surface area contributed by atoms with Crippen molar-refractivity contribution in [3.8, 4) is 11.5 Å². The van der Waals surface area contributed by atoms with Gasteiger partial charge in [-0.25, -0.2) is 16.8 Å². The number of sulfone groups is 2. The fraction of sp³-hybridized carbons (Fsp3) is 0.143. The molecule has 0 radical (unpaired) electrons. The van der Waals surface area contributed by atoms with E-state index in [1.807, 2.05) is 60.7 Å². The van der Waals surface area contributed by atoms with Crippen molar-refractivity contribution in [1.29, 1.82) is 0 Å². The van der Waals surface area contributed by atoms with E-state index in [1.54, 1.807) is 42.5 Å². The first-order chi connectivity index (χ1) is 31.2. The van der Waals surface area contributed by atoms with Crippen LogP contribution < -0.4 is 9.64 Å². The van der Waals surface area contributed by atoms with E-state index in [2.05, 4.69) is 127 Å². The number of rotatable bonds is 1. The lowest BCUT2D eigenvalue weighted by Gasteiger charge is -2.37. The van der Waals surface area contributed by atoms with Crippen LogP contribution in [0, 0.1) is 0 Å². The first-order valence-electron chi connectivity index (χ1n) is 21.6. The van der Waals surface area contributed by atoms with Crippen LogP contribution >= 0.6 is 15.9 Å². The van der Waals surface area contributed by atoms with Crippen LogP contribution in [-0.2, 0) is 43.3 Å². The number of nitrogens with zero attached hydrogens (tertiary/aromatic N) is 1. The smallest absolute Gasteiger partial charge is 0.207 e. The molecule has 0 amide bonds. The average Bonchev–Trinajstić information content (AvgIpc) is 3.32. The zero-order valence-electron chi connectivity index (χ0n) is 36.4. The summed E-state index contributed by atoms with van der Waals surface area (Å²) in [5.74, 6) is 1.98. The molecule has 0 aromatic heterocycles. The van der Waals surface area contributed by atoms with Gasteiger partial charge in [0.05, 0.1) is 19.6 Å². The summed E-state index contributed by atoms with van der Waals surface area (Å²) in [4.78, 5) is 3.93. The normalized spacial score (nSPS) is 16.5. The van der Waals surface area contributed by atoms with Crippen molar-refractivity contribution in [3.63, 3.8) is 0 Å². The highest BCUT2D eigenvalue weighted by Crippen LogP contribution is 2.50. The first-order valence-corrected chi connectivity index (χ1v) is 25.4. The molecule has 324 valence electrons. The van der Waals surface area contributed by atoms with Crippen LogP contribution in [0.1, 0.15) is 72.2 Å². The van der Waals surface area contributed by atoms with Crippen molar-refractivity contribution in [1.82, 2.24) is 0 Å². The summed E-state index contributed by atoms with van der Waals surface area (Å²) in [7, 11) is -6.97. The molecule has 12 rings (SSSR count). The third-order valence-electron chi connectivity index (χ3n) is 13.2. The Bertz CT molecular complexity index is 3300. The van der Waals surface area contributed by atoms with E-state index >= 15 is 0 Å². The molecule has 0 saturated carbocycles. The molecule has 0 unspecified atom stereocenters. The summed E-state index contributed by atoms with van der Waals surface area (Å²) in [6.07, 6.45) is 1.87. The highest BCUT2D eigenvalue weighted by molar-refractivity contribution is 9.10. The van der Waals surface area contributed by atoms with Crippen molar-refractivity contribution in [2.75, 3.05) is 4.90 Å². The highest BCUT2D eigenvalue weighted by atomic mass is 79.9. The molecular weight excluding hydrogens is 911 g/mol. The number of fused-ring (bicyclic) bond motifs is 8. The number of hydrogen-bond acceptors (Lipinski definition) is 6. The second-order valence-corrected chi connectivity index (χ2v) is 22.5. The van der Waals surface area contributed by atoms with Gasteiger partial charge in [0.25, 0.3) is 0 Å². The van der Waals surface area contributed by atoms with Crippen LogP contribution in [0.15, 0.2) is 206 Å². The van der Waals surface area contributed by atoms with E-state index in [-0.39, 0.29) is 5.41 Å². The minimum atomic E-state index is -3.56. The van der Waals surface area contributed by atoms with Crippen LogP contribution in [0.4, 0.5) is 17.1 Å². The molecule has 0 aliphatic carbocycles. The molecule has 0 spiro atoms. The fourth-order valence-electron chi connectivity index (χ4n) is 9.76. The van der Waals surface area contributed by atoms with Crippen molar-refractivity contribution < 1.29 is 21.6 Å². The predicted molar refractivity (Wildman–Crippen MR) is 262 cm³/mol. The topological polar surface area (TPSA) is 80.8 Å². The molecule has 0 bridgehead atoms. The molecule has 0 saturated heterocycles. The van der Waals surface area contributed by atoms with Crippen molar-refractivity contribution >= 4 is 52.7 Å². The zero-order valence-corrected chi connectivity index (χ0v) is 39.6. The Balaban J connectivity index is 0.000000127. The third-order valence-corrected chi connectivity index (χ3v) is 17.4. The molecule has 0 fully saturated rings. The number of benzene rings is 8. The second-order valence-electron chi connectivity index (χ2n) is 17.8. The Morgan fingerprint density at radius 3 is 1.34 bits per heavy atom. The van der Waals surface area contributed by atoms with Crippen LogP contribution in [0.5, 0.6) is 11.5 Å². The molecule has 4 aliphatic heterocycles. The molecule has 65 heavy (non-hydrogen) atoms. The summed E-state index contributed by atoms with van der Waals surface area (Å²) in [6, 6.07) is 59.1. The van der Waals surface area contributed by atoms with Gasteiger partial charge in [0.15, 0.2) is 0 Å². The maximum absolute atomic E-state index is 13.5. The van der Waals surface area contributed by atoms with E-state index in [0.717, 1.165) is 68.1 Å². The molecule has 6 nitrogen and oxygen atoms in total. The van der Waals surface area contributed by atoms with Crippen molar-refractivity contribution in [3.05, 3.63) is 231 Å². The lowest BCUT2D eigenvalue weighted by molar-refractivity contribution is 0.460. The second kappa shape index (κ2) is 16.0. The molecular formula is C56H46BrNO5S2. The summed E-state index contributed by atoms with van der Waals surface area (Å²) < 4.78 is 58.9. The van der Waals surface area contributed by atoms with E-state index in [9.17, 15) is 16.8 Å². The van der Waals surface area contributed by atoms with Gasteiger partial charge < -0.3 is 9.64 Å². The van der Waals surface area contributed by atoms with E-state index in [1.165, 1.54) is 22.3 Å². The van der Waals surface area contributed by atoms with Crippen molar-refractivity contribution in [2.45, 2.75) is 70.9 Å². The Morgan fingerprint density at radius 2 is 0.815 bits per heavy atom. The van der Waals surface area contributed by atoms with Gasteiger partial charge >= 0.3 is 0 Å². The van der Waals surface area contributed by atoms with Gasteiger partial charge in [0, 0.05) is 45.2 Å². The van der Waals surface area contributed by atoms with Gasteiger partial charge in [-0.2, -0.15) is 0 Å². The first kappa shape index (κ1) is 42.7. The Morgan fingerprint density at radius 1 is 0.431 bits per heavy atom. The van der Waals surface area contributed by atoms with Gasteiger partial charge in [-0.05, 0) is 117 Å². The number of para-hydroxylation sites is 4. The minimum Gasteiger partial charge on any atom is -0.457 e. The van der Waals surface area contributed by atoms with Gasteiger partial charge in [-0.15, -0.1) is 0 Å². The standard InChI is InChI=1S/C28H23NO2S.C15H13BrO2S.C13H10O/c1-28(2)22-11-5-8-14-26(22)32(30,31)27-16-15-21(18-23(27)28)29-24-12-6-3-9-19(24)17-20-10-4-7-13-25(20)29;1-15(2)11-5-3-4-6-13(11)19(17,18)14-8-7-10(16)9-12(14)15;1-3-7-12-10(5-1)9-11-6-2-4-8-13(11)14-12/h3-16,18H,17H2,1-2H3;3-9H,1-2H3;1-8H,9H2. The van der Waals surface area contributed by atoms with E-state index < -0.39 is 25.1 Å². The van der Waals surface area contributed by atoms with Gasteiger partial charge in [-0.1, -0.05) is 153 Å². The molecule has 0 N–H and O–H groups in total. The van der Waals surface area contributed by atoms with Crippen LogP contribution in [-0.4, -0.2) is 16.8 Å². The zero-order chi connectivity index (χ0) is 45.3. The largest absolute Gasteiger partial charge is 0.457 e. The predicted octanol–water partition coefficient (Wildman–Crippen LogP) is 13.8. The fourth-order valence-corrected chi connectivity index (χ4v) is 14.0. The molecule has 8 aromatic carbocycles. The number of anilines is 3. The number of halogens is 1. The molecule has 4 heterocycles. The Hall–Kier alpha value is -6.26. The third kappa shape index (κ3) is 7.21. The summed E-state index contributed by atoms with van der Waals surface area (Å²) in [5.41, 5.74) is 11.0. The van der Waals surface area contributed by atoms with E-state index in [0.29, 0.717) is 19.6 Å². The minimum absolute atomic E-state index is 0.318. The van der Waals surface area contributed by atoms with Gasteiger partial charge in [0.2, 0.25) is 19.7 Å². The number of ether oxygens (including phenoxy) is 1. The van der Waals surface area contributed by atoms with Crippen LogP contribution in [0.3, 0.4) is 0 Å². The average molecular weight is 957 g/mol. The summed E-state index contributed by atoms with van der Waals surface area (Å²) in [6.45, 7) is 8.35. The Kier molecular flexibility index (Phi) is 10.5. The van der Waals surface area contributed by atoms with Gasteiger partial charge in [-0.3, -0.25) is 0 Å². The Labute approximate surface area is 390 Å². The summed E-state index contributed by atoms with van der Waals surface area (Å²) >= 11 is 3.42. The maximum Gasteiger partial charge on any atom is 0.207 e. The molecule has 9 heteroatoms. The summed E-state index contributed by atoms with van der Waals surface area (Å²) in [5, 5.41) is 0. The monoisotopic (exact) mass is 955 g/mol. The van der Waals surface area contributed by atoms with E-state index in [4.69, 9.17) is 4.74 Å². The number of hydrogen-bond donors (Lipinski definition) is 0. The quantitative estimate of drug-likeness (QED) is 0.163. The van der Waals surface area contributed by atoms with Crippen LogP contribution in [0.2, 0.25) is 0 Å². The maximum atomic E-state index is 13.5. The lowest BCUT2D eigenvalue weighted by Crippen LogP contribution is -2.30. The van der Waals surface area contributed by atoms with Crippen molar-refractivity contribution in [2.24, 2.45) is 0 Å². The van der Waals surface area contributed by atoms with Gasteiger partial charge in [0.1, 0.15) is 11.5 Å². The molecule has 8 aromatic rings. The molecule has 0 atom stereocenters. The highest BCUT2D eigenvalue weighted by Gasteiger charge is 2.42. The molecule has 4 aliphatic rings.